The molecule has 3 N–H and O–H groups in total. The Morgan fingerprint density at radius 2 is 1.71 bits per heavy atom. The molecule has 1 amide bonds. The molecule has 0 atom stereocenters. The molecule has 6 aromatic rings. The number of aromatic amines is 2. The van der Waals surface area contributed by atoms with E-state index < -0.39 is 0 Å². The standard InChI is InChI=1S/C29H26N8O/c1-29(2,3)12-26(38)33-19-10-18(13-31-14-19)22-4-5-23-27(35-22)28(37-36-23)24-11-20-21(15-32-16-25(20)34-24)17-6-8-30-9-7-17/h4-11,13-16,34H,12H2,1-3H3,(H,33,38)(H,36,37). The molecule has 0 fully saturated rings. The highest BCUT2D eigenvalue weighted by molar-refractivity contribution is 6.00. The van der Waals surface area contributed by atoms with E-state index in [1.807, 2.05) is 63.5 Å². The fraction of sp³-hybridized carbons (Fsp3) is 0.172. The molecule has 0 aliphatic rings. The number of aromatic nitrogens is 7. The topological polar surface area (TPSA) is 125 Å². The number of anilines is 1. The molecule has 0 spiro atoms. The molecular weight excluding hydrogens is 476 g/mol. The molecule has 0 unspecified atom stereocenters. The second kappa shape index (κ2) is 9.19. The van der Waals surface area contributed by atoms with Crippen LogP contribution in [0.3, 0.4) is 0 Å². The van der Waals surface area contributed by atoms with Gasteiger partial charge in [-0.1, -0.05) is 20.8 Å². The summed E-state index contributed by atoms with van der Waals surface area (Å²) in [6.45, 7) is 6.10. The third kappa shape index (κ3) is 4.61. The highest BCUT2D eigenvalue weighted by atomic mass is 16.1. The summed E-state index contributed by atoms with van der Waals surface area (Å²) in [6.07, 6.45) is 11.0. The Hall–Kier alpha value is -4.92. The molecule has 188 valence electrons. The first-order valence-electron chi connectivity index (χ1n) is 12.3. The van der Waals surface area contributed by atoms with Gasteiger partial charge in [-0.2, -0.15) is 5.10 Å². The predicted octanol–water partition coefficient (Wildman–Crippen LogP) is 6.00. The first-order valence-corrected chi connectivity index (χ1v) is 12.3. The summed E-state index contributed by atoms with van der Waals surface area (Å²) in [6, 6.07) is 11.8. The number of nitrogens with one attached hydrogen (secondary N) is 3. The molecule has 0 saturated carbocycles. The van der Waals surface area contributed by atoms with Crippen molar-refractivity contribution in [3.8, 4) is 33.8 Å². The third-order valence-corrected chi connectivity index (χ3v) is 6.21. The number of nitrogens with zero attached hydrogens (tertiary/aromatic N) is 5. The lowest BCUT2D eigenvalue weighted by molar-refractivity contribution is -0.117. The quantitative estimate of drug-likeness (QED) is 0.265. The number of H-pyrrole nitrogens is 2. The molecule has 0 bridgehead atoms. The molecule has 6 heterocycles. The number of hydrogen-bond acceptors (Lipinski definition) is 6. The van der Waals surface area contributed by atoms with E-state index in [0.717, 1.165) is 50.0 Å². The molecule has 6 aromatic heterocycles. The van der Waals surface area contributed by atoms with Gasteiger partial charge in [0.05, 0.1) is 40.5 Å². The minimum atomic E-state index is -0.100. The van der Waals surface area contributed by atoms with Gasteiger partial charge in [-0.05, 0) is 47.4 Å². The Kier molecular flexibility index (Phi) is 5.68. The van der Waals surface area contributed by atoms with E-state index in [-0.39, 0.29) is 11.3 Å². The molecule has 0 aliphatic heterocycles. The number of hydrogen-bond donors (Lipinski definition) is 3. The zero-order chi connectivity index (χ0) is 26.3. The summed E-state index contributed by atoms with van der Waals surface area (Å²) in [7, 11) is 0. The van der Waals surface area contributed by atoms with E-state index >= 15 is 0 Å². The van der Waals surface area contributed by atoms with Gasteiger partial charge < -0.3 is 10.3 Å². The number of amides is 1. The average Bonchev–Trinajstić information content (AvgIpc) is 3.51. The van der Waals surface area contributed by atoms with Crippen molar-refractivity contribution in [3.05, 3.63) is 73.6 Å². The first kappa shape index (κ1) is 23.5. The van der Waals surface area contributed by atoms with Crippen LogP contribution in [-0.4, -0.2) is 41.0 Å². The van der Waals surface area contributed by atoms with Gasteiger partial charge in [0.1, 0.15) is 11.2 Å². The number of carbonyl (C=O) groups is 1. The van der Waals surface area contributed by atoms with Crippen molar-refractivity contribution in [2.24, 2.45) is 5.41 Å². The van der Waals surface area contributed by atoms with Gasteiger partial charge >= 0.3 is 0 Å². The fourth-order valence-electron chi connectivity index (χ4n) is 4.52. The van der Waals surface area contributed by atoms with Crippen molar-refractivity contribution in [2.45, 2.75) is 27.2 Å². The van der Waals surface area contributed by atoms with Crippen molar-refractivity contribution < 1.29 is 4.79 Å². The van der Waals surface area contributed by atoms with Gasteiger partial charge in [-0.25, -0.2) is 4.98 Å². The summed E-state index contributed by atoms with van der Waals surface area (Å²) in [5.74, 6) is -0.0450. The molecular formula is C29H26N8O. The van der Waals surface area contributed by atoms with Crippen molar-refractivity contribution in [1.29, 1.82) is 0 Å². The summed E-state index contributed by atoms with van der Waals surface area (Å²) in [5, 5.41) is 11.6. The Morgan fingerprint density at radius 1 is 0.895 bits per heavy atom. The summed E-state index contributed by atoms with van der Waals surface area (Å²) >= 11 is 0. The summed E-state index contributed by atoms with van der Waals surface area (Å²) in [4.78, 5) is 33.7. The van der Waals surface area contributed by atoms with Crippen LogP contribution in [0.25, 0.3) is 55.7 Å². The maximum absolute atomic E-state index is 12.4. The Labute approximate surface area is 218 Å². The monoisotopic (exact) mass is 502 g/mol. The SMILES string of the molecule is CC(C)(C)CC(=O)Nc1cncc(-c2ccc3[nH]nc(-c4cc5c(-c6ccncc6)cncc5[nH]4)c3n2)c1. The van der Waals surface area contributed by atoms with E-state index in [1.54, 1.807) is 24.8 Å². The normalized spacial score (nSPS) is 11.8. The zero-order valence-corrected chi connectivity index (χ0v) is 21.3. The van der Waals surface area contributed by atoms with Crippen LogP contribution in [0.1, 0.15) is 27.2 Å². The minimum absolute atomic E-state index is 0.0450. The van der Waals surface area contributed by atoms with Crippen molar-refractivity contribution >= 4 is 33.5 Å². The molecule has 38 heavy (non-hydrogen) atoms. The second-order valence-electron chi connectivity index (χ2n) is 10.5. The Balaban J connectivity index is 1.36. The number of rotatable bonds is 5. The van der Waals surface area contributed by atoms with E-state index in [1.165, 1.54) is 0 Å². The Bertz CT molecular complexity index is 1780. The van der Waals surface area contributed by atoms with Crippen LogP contribution in [0.2, 0.25) is 0 Å². The van der Waals surface area contributed by atoms with Crippen molar-refractivity contribution in [1.82, 2.24) is 35.1 Å². The zero-order valence-electron chi connectivity index (χ0n) is 21.3. The van der Waals surface area contributed by atoms with Gasteiger partial charge in [0.2, 0.25) is 5.91 Å². The van der Waals surface area contributed by atoms with E-state index in [4.69, 9.17) is 4.98 Å². The van der Waals surface area contributed by atoms with Crippen LogP contribution < -0.4 is 5.32 Å². The highest BCUT2D eigenvalue weighted by Gasteiger charge is 2.18. The van der Waals surface area contributed by atoms with Crippen LogP contribution in [0.15, 0.2) is 73.6 Å². The molecule has 0 radical (unpaired) electrons. The average molecular weight is 503 g/mol. The Morgan fingerprint density at radius 3 is 2.53 bits per heavy atom. The van der Waals surface area contributed by atoms with Gasteiger partial charge in [0, 0.05) is 47.7 Å². The lowest BCUT2D eigenvalue weighted by Crippen LogP contribution is -2.19. The number of carbonyl (C=O) groups excluding carboxylic acids is 1. The van der Waals surface area contributed by atoms with E-state index in [2.05, 4.69) is 41.5 Å². The largest absolute Gasteiger partial charge is 0.352 e. The van der Waals surface area contributed by atoms with Crippen LogP contribution >= 0.6 is 0 Å². The van der Waals surface area contributed by atoms with E-state index in [9.17, 15) is 4.79 Å². The summed E-state index contributed by atoms with van der Waals surface area (Å²) < 4.78 is 0. The van der Waals surface area contributed by atoms with Crippen LogP contribution in [0.5, 0.6) is 0 Å². The van der Waals surface area contributed by atoms with E-state index in [0.29, 0.717) is 17.8 Å². The van der Waals surface area contributed by atoms with Crippen LogP contribution in [-0.2, 0) is 4.79 Å². The number of pyridine rings is 4. The molecule has 0 aromatic carbocycles. The minimum Gasteiger partial charge on any atom is -0.352 e. The third-order valence-electron chi connectivity index (χ3n) is 6.21. The predicted molar refractivity (Wildman–Crippen MR) is 148 cm³/mol. The van der Waals surface area contributed by atoms with Crippen molar-refractivity contribution in [2.75, 3.05) is 5.32 Å². The van der Waals surface area contributed by atoms with Gasteiger partial charge in [0.25, 0.3) is 0 Å². The van der Waals surface area contributed by atoms with Gasteiger partial charge in [-0.3, -0.25) is 24.8 Å². The molecule has 6 rings (SSSR count). The van der Waals surface area contributed by atoms with Gasteiger partial charge in [-0.15, -0.1) is 0 Å². The lowest BCUT2D eigenvalue weighted by atomic mass is 9.92. The molecule has 0 saturated heterocycles. The second-order valence-corrected chi connectivity index (χ2v) is 10.5. The highest BCUT2D eigenvalue weighted by Crippen LogP contribution is 2.33. The maximum atomic E-state index is 12.4. The summed E-state index contributed by atoms with van der Waals surface area (Å²) in [5.41, 5.74) is 8.12. The number of fused-ring (bicyclic) bond motifs is 2. The van der Waals surface area contributed by atoms with Crippen LogP contribution in [0, 0.1) is 5.41 Å². The van der Waals surface area contributed by atoms with Crippen LogP contribution in [0.4, 0.5) is 5.69 Å². The lowest BCUT2D eigenvalue weighted by Gasteiger charge is -2.17. The molecule has 9 heteroatoms. The van der Waals surface area contributed by atoms with Gasteiger partial charge in [0.15, 0.2) is 0 Å². The fourth-order valence-corrected chi connectivity index (χ4v) is 4.52. The molecule has 0 aliphatic carbocycles. The van der Waals surface area contributed by atoms with Crippen molar-refractivity contribution in [3.63, 3.8) is 0 Å². The smallest absolute Gasteiger partial charge is 0.224 e. The first-order chi connectivity index (χ1) is 18.3. The molecule has 9 nitrogen and oxygen atoms in total. The maximum Gasteiger partial charge on any atom is 0.224 e.